The van der Waals surface area contributed by atoms with Crippen LogP contribution in [0.4, 0.5) is 17.5 Å². The summed E-state index contributed by atoms with van der Waals surface area (Å²) in [6.07, 6.45) is 8.60. The van der Waals surface area contributed by atoms with E-state index in [1.54, 1.807) is 10.9 Å². The van der Waals surface area contributed by atoms with Gasteiger partial charge in [-0.25, -0.2) is 4.98 Å². The molecule has 3 rings (SSSR count). The van der Waals surface area contributed by atoms with E-state index in [0.717, 1.165) is 43.9 Å². The van der Waals surface area contributed by atoms with Crippen LogP contribution in [-0.4, -0.2) is 45.4 Å². The Hall–Kier alpha value is -2.15. The fraction of sp³-hybridized carbons (Fsp3) is 0.562. The summed E-state index contributed by atoms with van der Waals surface area (Å²) in [6, 6.07) is 1.97. The van der Waals surface area contributed by atoms with E-state index in [9.17, 15) is 0 Å². The van der Waals surface area contributed by atoms with Crippen molar-refractivity contribution in [1.29, 1.82) is 0 Å². The predicted molar refractivity (Wildman–Crippen MR) is 92.0 cm³/mol. The third-order valence-electron chi connectivity index (χ3n) is 4.79. The van der Waals surface area contributed by atoms with Gasteiger partial charge in [-0.1, -0.05) is 6.92 Å². The number of aromatic nitrogens is 4. The standard InChI is InChI=1S/C16H25N7/c1-4-16(17)6-9-23(10-7-16)14-5-8-18-15(20-14)22(3)13-11-19-21(2)12-13/h5,8,11-12H,4,6-7,9-10,17H2,1-3H3. The highest BCUT2D eigenvalue weighted by molar-refractivity contribution is 5.56. The first kappa shape index (κ1) is 15.7. The Balaban J connectivity index is 1.75. The topological polar surface area (TPSA) is 76.1 Å². The average molecular weight is 315 g/mol. The van der Waals surface area contributed by atoms with Gasteiger partial charge in [-0.2, -0.15) is 10.1 Å². The van der Waals surface area contributed by atoms with Crippen molar-refractivity contribution in [3.8, 4) is 0 Å². The summed E-state index contributed by atoms with van der Waals surface area (Å²) < 4.78 is 1.77. The van der Waals surface area contributed by atoms with E-state index in [1.807, 2.05) is 37.5 Å². The van der Waals surface area contributed by atoms with Crippen LogP contribution >= 0.6 is 0 Å². The molecular weight excluding hydrogens is 290 g/mol. The van der Waals surface area contributed by atoms with Gasteiger partial charge in [0, 0.05) is 45.1 Å². The molecular formula is C16H25N7. The monoisotopic (exact) mass is 315 g/mol. The van der Waals surface area contributed by atoms with Crippen molar-refractivity contribution in [3.05, 3.63) is 24.7 Å². The molecule has 0 saturated carbocycles. The van der Waals surface area contributed by atoms with Crippen molar-refractivity contribution in [2.24, 2.45) is 12.8 Å². The lowest BCUT2D eigenvalue weighted by Gasteiger charge is -2.39. The molecule has 0 aliphatic carbocycles. The van der Waals surface area contributed by atoms with Gasteiger partial charge in [0.2, 0.25) is 5.95 Å². The molecule has 7 heteroatoms. The zero-order chi connectivity index (χ0) is 16.4. The molecule has 1 fully saturated rings. The maximum atomic E-state index is 6.38. The second-order valence-electron chi connectivity index (χ2n) is 6.35. The summed E-state index contributed by atoms with van der Waals surface area (Å²) in [6.45, 7) is 4.05. The number of rotatable bonds is 4. The summed E-state index contributed by atoms with van der Waals surface area (Å²) in [7, 11) is 3.85. The van der Waals surface area contributed by atoms with E-state index in [-0.39, 0.29) is 5.54 Å². The fourth-order valence-corrected chi connectivity index (χ4v) is 2.91. The highest BCUT2D eigenvalue weighted by Crippen LogP contribution is 2.27. The van der Waals surface area contributed by atoms with Crippen LogP contribution in [-0.2, 0) is 7.05 Å². The lowest BCUT2D eigenvalue weighted by Crippen LogP contribution is -2.50. The summed E-state index contributed by atoms with van der Waals surface area (Å²) in [4.78, 5) is 13.3. The maximum Gasteiger partial charge on any atom is 0.231 e. The third kappa shape index (κ3) is 3.29. The normalized spacial score (nSPS) is 17.3. The molecule has 1 aliphatic rings. The SMILES string of the molecule is CCC1(N)CCN(c2ccnc(N(C)c3cnn(C)c3)n2)CC1. The molecule has 23 heavy (non-hydrogen) atoms. The van der Waals surface area contributed by atoms with Gasteiger partial charge >= 0.3 is 0 Å². The molecule has 0 spiro atoms. The molecule has 1 aliphatic heterocycles. The van der Waals surface area contributed by atoms with Crippen molar-refractivity contribution in [2.45, 2.75) is 31.7 Å². The number of aryl methyl sites for hydroxylation is 1. The Morgan fingerprint density at radius 3 is 2.70 bits per heavy atom. The zero-order valence-electron chi connectivity index (χ0n) is 14.1. The van der Waals surface area contributed by atoms with Crippen LogP contribution in [0.3, 0.4) is 0 Å². The molecule has 7 nitrogen and oxygen atoms in total. The van der Waals surface area contributed by atoms with Crippen molar-refractivity contribution < 1.29 is 0 Å². The van der Waals surface area contributed by atoms with E-state index in [1.165, 1.54) is 0 Å². The van der Waals surface area contributed by atoms with Gasteiger partial charge in [0.15, 0.2) is 0 Å². The van der Waals surface area contributed by atoms with E-state index >= 15 is 0 Å². The van der Waals surface area contributed by atoms with Crippen LogP contribution in [0.1, 0.15) is 26.2 Å². The van der Waals surface area contributed by atoms with Crippen molar-refractivity contribution in [3.63, 3.8) is 0 Å². The van der Waals surface area contributed by atoms with Crippen molar-refractivity contribution >= 4 is 17.5 Å². The quantitative estimate of drug-likeness (QED) is 0.925. The summed E-state index contributed by atoms with van der Waals surface area (Å²) >= 11 is 0. The second kappa shape index (κ2) is 6.16. The predicted octanol–water partition coefficient (Wildman–Crippen LogP) is 1.69. The molecule has 0 amide bonds. The molecule has 0 atom stereocenters. The molecule has 0 unspecified atom stereocenters. The number of anilines is 3. The Morgan fingerprint density at radius 1 is 1.35 bits per heavy atom. The average Bonchev–Trinajstić information content (AvgIpc) is 3.01. The number of piperidine rings is 1. The Bertz CT molecular complexity index is 658. The molecule has 0 aromatic carbocycles. The number of nitrogens with two attached hydrogens (primary N) is 1. The zero-order valence-corrected chi connectivity index (χ0v) is 14.1. The van der Waals surface area contributed by atoms with Crippen molar-refractivity contribution in [1.82, 2.24) is 19.7 Å². The second-order valence-corrected chi connectivity index (χ2v) is 6.35. The van der Waals surface area contributed by atoms with Crippen molar-refractivity contribution in [2.75, 3.05) is 29.9 Å². The first-order valence-electron chi connectivity index (χ1n) is 8.10. The van der Waals surface area contributed by atoms with Crippen LogP contribution in [0, 0.1) is 0 Å². The van der Waals surface area contributed by atoms with Gasteiger partial charge in [0.1, 0.15) is 5.82 Å². The van der Waals surface area contributed by atoms with E-state index in [4.69, 9.17) is 10.7 Å². The molecule has 3 heterocycles. The van der Waals surface area contributed by atoms with Gasteiger partial charge in [-0.15, -0.1) is 0 Å². The van der Waals surface area contributed by atoms with Crippen LogP contribution < -0.4 is 15.5 Å². The Labute approximate surface area is 137 Å². The van der Waals surface area contributed by atoms with Gasteiger partial charge in [-0.3, -0.25) is 4.68 Å². The van der Waals surface area contributed by atoms with Crippen LogP contribution in [0.15, 0.2) is 24.7 Å². The summed E-state index contributed by atoms with van der Waals surface area (Å²) in [5, 5.41) is 4.20. The smallest absolute Gasteiger partial charge is 0.231 e. The summed E-state index contributed by atoms with van der Waals surface area (Å²) in [5.41, 5.74) is 7.33. The number of nitrogens with zero attached hydrogens (tertiary/aromatic N) is 6. The lowest BCUT2D eigenvalue weighted by molar-refractivity contribution is 0.322. The van der Waals surface area contributed by atoms with E-state index in [0.29, 0.717) is 5.95 Å². The minimum atomic E-state index is -0.0150. The molecule has 2 aromatic rings. The number of hydrogen-bond acceptors (Lipinski definition) is 6. The lowest BCUT2D eigenvalue weighted by atomic mass is 9.86. The van der Waals surface area contributed by atoms with Gasteiger partial charge in [0.05, 0.1) is 11.9 Å². The first-order chi connectivity index (χ1) is 11.0. The molecule has 0 radical (unpaired) electrons. The van der Waals surface area contributed by atoms with Gasteiger partial charge in [0.25, 0.3) is 0 Å². The molecule has 2 aromatic heterocycles. The van der Waals surface area contributed by atoms with Crippen LogP contribution in [0.2, 0.25) is 0 Å². The summed E-state index contributed by atoms with van der Waals surface area (Å²) in [5.74, 6) is 1.64. The first-order valence-corrected chi connectivity index (χ1v) is 8.10. The molecule has 1 saturated heterocycles. The Kier molecular flexibility index (Phi) is 4.21. The highest BCUT2D eigenvalue weighted by atomic mass is 15.3. The molecule has 0 bridgehead atoms. The fourth-order valence-electron chi connectivity index (χ4n) is 2.91. The number of hydrogen-bond donors (Lipinski definition) is 1. The largest absolute Gasteiger partial charge is 0.356 e. The minimum absolute atomic E-state index is 0.0150. The molecule has 124 valence electrons. The van der Waals surface area contributed by atoms with Gasteiger partial charge < -0.3 is 15.5 Å². The molecule has 2 N–H and O–H groups in total. The van der Waals surface area contributed by atoms with Gasteiger partial charge in [-0.05, 0) is 25.3 Å². The highest BCUT2D eigenvalue weighted by Gasteiger charge is 2.29. The minimum Gasteiger partial charge on any atom is -0.356 e. The van der Waals surface area contributed by atoms with Crippen LogP contribution in [0.25, 0.3) is 0 Å². The maximum absolute atomic E-state index is 6.38. The van der Waals surface area contributed by atoms with E-state index in [2.05, 4.69) is 21.9 Å². The third-order valence-corrected chi connectivity index (χ3v) is 4.79. The Morgan fingerprint density at radius 2 is 2.09 bits per heavy atom. The van der Waals surface area contributed by atoms with E-state index < -0.39 is 0 Å². The van der Waals surface area contributed by atoms with Crippen LogP contribution in [0.5, 0.6) is 0 Å².